The molecule has 4 saturated carbocycles. The molecule has 0 radical (unpaired) electrons. The van der Waals surface area contributed by atoms with E-state index in [-0.39, 0.29) is 45.0 Å². The van der Waals surface area contributed by atoms with Crippen molar-refractivity contribution in [3.05, 3.63) is 70.2 Å². The van der Waals surface area contributed by atoms with E-state index in [9.17, 15) is 39.0 Å². The number of carbonyl (C=O) groups is 6. The summed E-state index contributed by atoms with van der Waals surface area (Å²) in [6.07, 6.45) is 9.69. The summed E-state index contributed by atoms with van der Waals surface area (Å²) in [6.45, 7) is 12.6. The quantitative estimate of drug-likeness (QED) is 0.234. The standard InChI is InChI=1S/C48H59NO13/c1-22-11-10-12-23(2)45(56)49-32-18-33(51)35-36(40(32)54)42(61-46(57)48-19-29-15-30(20-48)17-31(16-29)21-48)27(6)43-37(35)44(55)47(8,62-43)59-14-13-34(58-9)24(3)41(60-28(7)50)26(5)39(53)25(4)38(22)52/h10-14,18,22,24-26,29-31,34,38-39,41,52-53H,15-17,19-21H2,1-9H3,(H,49,56). The van der Waals surface area contributed by atoms with Crippen LogP contribution in [0.2, 0.25) is 0 Å². The van der Waals surface area contributed by atoms with Crippen LogP contribution in [0.4, 0.5) is 0 Å². The van der Waals surface area contributed by atoms with Gasteiger partial charge >= 0.3 is 17.7 Å². The summed E-state index contributed by atoms with van der Waals surface area (Å²) in [6, 6.07) is 0. The maximum Gasteiger partial charge on any atom is 0.317 e. The average Bonchev–Trinajstić information content (AvgIpc) is 3.48. The van der Waals surface area contributed by atoms with Gasteiger partial charge in [0.25, 0.3) is 11.7 Å². The summed E-state index contributed by atoms with van der Waals surface area (Å²) in [7, 11) is 1.44. The normalized spacial score (nSPS) is 37.0. The summed E-state index contributed by atoms with van der Waals surface area (Å²) < 4.78 is 30.2. The van der Waals surface area contributed by atoms with E-state index in [0.717, 1.165) is 25.3 Å². The number of methoxy groups -OCH3 is 1. The Hall–Kier alpha value is -4.92. The number of esters is 2. The Balaban J connectivity index is 1.32. The highest BCUT2D eigenvalue weighted by Crippen LogP contribution is 2.61. The number of hydrogen-bond acceptors (Lipinski definition) is 13. The maximum atomic E-state index is 14.6. The van der Waals surface area contributed by atoms with E-state index < -0.39 is 94.5 Å². The number of aliphatic hydroxyl groups is 2. The lowest BCUT2D eigenvalue weighted by atomic mass is 9.49. The third-order valence-corrected chi connectivity index (χ3v) is 14.4. The molecule has 9 bridgehead atoms. The van der Waals surface area contributed by atoms with Gasteiger partial charge in [-0.1, -0.05) is 45.9 Å². The lowest BCUT2D eigenvalue weighted by Gasteiger charge is -2.55. The Kier molecular flexibility index (Phi) is 12.4. The highest BCUT2D eigenvalue weighted by atomic mass is 16.7. The molecule has 3 aliphatic heterocycles. The van der Waals surface area contributed by atoms with Gasteiger partial charge in [0.05, 0.1) is 52.4 Å². The van der Waals surface area contributed by atoms with Crippen LogP contribution in [0, 0.1) is 53.8 Å². The van der Waals surface area contributed by atoms with E-state index in [2.05, 4.69) is 5.32 Å². The van der Waals surface area contributed by atoms with E-state index in [1.807, 2.05) is 0 Å². The molecule has 5 aliphatic carbocycles. The topological polar surface area (TPSA) is 201 Å². The molecule has 3 N–H and O–H groups in total. The minimum atomic E-state index is -2.08. The molecule has 334 valence electrons. The number of allylic oxidation sites excluding steroid dienone is 4. The second-order valence-corrected chi connectivity index (χ2v) is 19.0. The Bertz CT molecular complexity index is 2160. The monoisotopic (exact) mass is 857 g/mol. The van der Waals surface area contributed by atoms with Crippen LogP contribution in [0.5, 0.6) is 11.5 Å². The number of carbonyl (C=O) groups excluding carboxylic acids is 6. The fraction of sp³-hybridized carbons (Fsp3) is 0.583. The number of rotatable bonds is 4. The van der Waals surface area contributed by atoms with Crippen molar-refractivity contribution in [2.24, 2.45) is 46.8 Å². The van der Waals surface area contributed by atoms with Gasteiger partial charge in [-0.25, -0.2) is 0 Å². The van der Waals surface area contributed by atoms with Crippen molar-refractivity contribution in [1.29, 1.82) is 0 Å². The number of ketones is 3. The molecule has 14 heteroatoms. The average molecular weight is 858 g/mol. The van der Waals surface area contributed by atoms with Crippen LogP contribution < -0.4 is 14.8 Å². The first-order chi connectivity index (χ1) is 29.2. The first-order valence-corrected chi connectivity index (χ1v) is 21.7. The zero-order valence-corrected chi connectivity index (χ0v) is 36.9. The van der Waals surface area contributed by atoms with Crippen molar-refractivity contribution in [1.82, 2.24) is 5.32 Å². The third kappa shape index (κ3) is 7.98. The molecule has 9 rings (SSSR count). The lowest BCUT2D eigenvalue weighted by Crippen LogP contribution is -2.51. The molecule has 3 heterocycles. The second kappa shape index (κ2) is 17.0. The SMILES string of the molecule is COC1C=COC2(C)Oc3c(C)c(OC(=O)C45CC6CC(CC(C6)C4)C5)c4c(c3C2=O)C(=O)C=C(NC(=O)C(C)=CC=CC(C)C(O)C(C)C(O)C(C)C(OC(C)=O)C1C)C4=O. The van der Waals surface area contributed by atoms with Crippen LogP contribution in [0.3, 0.4) is 0 Å². The van der Waals surface area contributed by atoms with E-state index in [1.165, 1.54) is 46.3 Å². The van der Waals surface area contributed by atoms with Crippen molar-refractivity contribution in [3.8, 4) is 11.5 Å². The molecule has 1 amide bonds. The Labute approximate surface area is 362 Å². The number of ether oxygens (including phenoxy) is 5. The second-order valence-electron chi connectivity index (χ2n) is 19.0. The molecule has 9 atom stereocenters. The predicted octanol–water partition coefficient (Wildman–Crippen LogP) is 6.05. The number of nitrogens with one attached hydrogen (secondary N) is 1. The summed E-state index contributed by atoms with van der Waals surface area (Å²) in [5.74, 6) is -7.86. The van der Waals surface area contributed by atoms with Crippen molar-refractivity contribution in [2.45, 2.75) is 124 Å². The van der Waals surface area contributed by atoms with Crippen molar-refractivity contribution in [2.75, 3.05) is 7.11 Å². The summed E-state index contributed by atoms with van der Waals surface area (Å²) in [5.41, 5.74) is -1.71. The van der Waals surface area contributed by atoms with Crippen LogP contribution in [-0.2, 0) is 28.6 Å². The van der Waals surface area contributed by atoms with Crippen LogP contribution in [0.1, 0.15) is 124 Å². The fourth-order valence-electron chi connectivity index (χ4n) is 11.3. The van der Waals surface area contributed by atoms with Crippen LogP contribution in [-0.4, -0.2) is 82.7 Å². The van der Waals surface area contributed by atoms with Crippen LogP contribution in [0.15, 0.2) is 47.9 Å². The highest BCUT2D eigenvalue weighted by Gasteiger charge is 2.57. The molecule has 0 spiro atoms. The van der Waals surface area contributed by atoms with Gasteiger partial charge in [0.15, 0.2) is 5.78 Å². The largest absolute Gasteiger partial charge is 0.462 e. The number of amides is 1. The number of Topliss-reactive ketones (excluding diaryl/α,β-unsaturated/α-hetero) is 2. The Morgan fingerprint density at radius 2 is 1.48 bits per heavy atom. The predicted molar refractivity (Wildman–Crippen MR) is 224 cm³/mol. The molecule has 0 saturated heterocycles. The molecule has 14 nitrogen and oxygen atoms in total. The van der Waals surface area contributed by atoms with E-state index in [0.29, 0.717) is 37.0 Å². The first-order valence-electron chi connectivity index (χ1n) is 21.7. The van der Waals surface area contributed by atoms with E-state index in [4.69, 9.17) is 23.7 Å². The van der Waals surface area contributed by atoms with Crippen molar-refractivity contribution in [3.63, 3.8) is 0 Å². The van der Waals surface area contributed by atoms with Crippen molar-refractivity contribution >= 4 is 35.2 Å². The smallest absolute Gasteiger partial charge is 0.317 e. The number of aliphatic hydroxyl groups excluding tert-OH is 2. The highest BCUT2D eigenvalue weighted by molar-refractivity contribution is 6.31. The molecule has 1 aromatic rings. The van der Waals surface area contributed by atoms with Gasteiger partial charge in [-0.15, -0.1) is 0 Å². The van der Waals surface area contributed by atoms with Crippen LogP contribution in [0.25, 0.3) is 0 Å². The lowest BCUT2D eigenvalue weighted by molar-refractivity contribution is -0.162. The van der Waals surface area contributed by atoms with Gasteiger partial charge in [0.2, 0.25) is 5.78 Å². The van der Waals surface area contributed by atoms with Gasteiger partial charge < -0.3 is 39.2 Å². The Morgan fingerprint density at radius 3 is 2.08 bits per heavy atom. The number of benzene rings is 1. The summed E-state index contributed by atoms with van der Waals surface area (Å²) in [4.78, 5) is 83.8. The zero-order chi connectivity index (χ0) is 45.2. The third-order valence-electron chi connectivity index (χ3n) is 14.4. The van der Waals surface area contributed by atoms with Gasteiger partial charge in [-0.05, 0) is 76.2 Å². The first kappa shape index (κ1) is 45.1. The van der Waals surface area contributed by atoms with E-state index in [1.54, 1.807) is 46.8 Å². The molecular weight excluding hydrogens is 799 g/mol. The molecule has 62 heavy (non-hydrogen) atoms. The molecule has 8 aliphatic rings. The minimum Gasteiger partial charge on any atom is -0.462 e. The van der Waals surface area contributed by atoms with Gasteiger partial charge in [-0.3, -0.25) is 28.8 Å². The Morgan fingerprint density at radius 1 is 0.855 bits per heavy atom. The fourth-order valence-corrected chi connectivity index (χ4v) is 11.3. The van der Waals surface area contributed by atoms with Gasteiger partial charge in [0.1, 0.15) is 17.6 Å². The molecular formula is C48H59NO13. The van der Waals surface area contributed by atoms with Crippen LogP contribution >= 0.6 is 0 Å². The summed E-state index contributed by atoms with van der Waals surface area (Å²) in [5, 5.41) is 25.4. The minimum absolute atomic E-state index is 0.0870. The zero-order valence-electron chi connectivity index (χ0n) is 36.9. The molecule has 1 aromatic carbocycles. The number of hydrogen-bond donors (Lipinski definition) is 3. The number of fused-ring (bicyclic) bond motifs is 14. The molecule has 0 aromatic heterocycles. The van der Waals surface area contributed by atoms with Gasteiger partial charge in [-0.2, -0.15) is 0 Å². The van der Waals surface area contributed by atoms with E-state index >= 15 is 0 Å². The molecule has 9 unspecified atom stereocenters. The summed E-state index contributed by atoms with van der Waals surface area (Å²) >= 11 is 0. The molecule has 4 fully saturated rings. The maximum absolute atomic E-state index is 14.6. The van der Waals surface area contributed by atoms with Crippen molar-refractivity contribution < 1.29 is 62.7 Å². The van der Waals surface area contributed by atoms with Gasteiger partial charge in [0, 0.05) is 61.8 Å².